The Kier molecular flexibility index (Phi) is 3.08. The summed E-state index contributed by atoms with van der Waals surface area (Å²) in [5.74, 6) is 0. The standard InChI is InChI=1S/C13H15NOS/c1-8-5-4-6-11(7-8)12-10(3)16-13(14-12)9(2)15/h4-7,9,15H,1-3H3. The molecule has 0 spiro atoms. The molecule has 16 heavy (non-hydrogen) atoms. The van der Waals surface area contributed by atoms with E-state index in [0.717, 1.165) is 21.1 Å². The van der Waals surface area contributed by atoms with Crippen molar-refractivity contribution < 1.29 is 5.11 Å². The zero-order valence-corrected chi connectivity index (χ0v) is 10.5. The highest BCUT2D eigenvalue weighted by Gasteiger charge is 2.12. The molecular weight excluding hydrogens is 218 g/mol. The van der Waals surface area contributed by atoms with Crippen LogP contribution in [0.15, 0.2) is 24.3 Å². The van der Waals surface area contributed by atoms with Crippen LogP contribution in [0.3, 0.4) is 0 Å². The molecule has 0 saturated carbocycles. The Morgan fingerprint density at radius 1 is 1.31 bits per heavy atom. The molecule has 0 aliphatic heterocycles. The average molecular weight is 233 g/mol. The van der Waals surface area contributed by atoms with E-state index in [1.54, 1.807) is 18.3 Å². The van der Waals surface area contributed by atoms with Crippen molar-refractivity contribution in [3.63, 3.8) is 0 Å². The summed E-state index contributed by atoms with van der Waals surface area (Å²) in [7, 11) is 0. The number of hydrogen-bond donors (Lipinski definition) is 1. The van der Waals surface area contributed by atoms with E-state index < -0.39 is 6.10 Å². The van der Waals surface area contributed by atoms with Crippen LogP contribution in [0.25, 0.3) is 11.3 Å². The second-order valence-corrected chi connectivity index (χ2v) is 5.24. The van der Waals surface area contributed by atoms with E-state index in [2.05, 4.69) is 30.1 Å². The highest BCUT2D eigenvalue weighted by Crippen LogP contribution is 2.30. The van der Waals surface area contributed by atoms with E-state index in [0.29, 0.717) is 0 Å². The van der Waals surface area contributed by atoms with Crippen LogP contribution in [0.2, 0.25) is 0 Å². The minimum atomic E-state index is -0.484. The first kappa shape index (κ1) is 11.3. The minimum absolute atomic E-state index is 0.484. The smallest absolute Gasteiger partial charge is 0.122 e. The normalized spacial score (nSPS) is 12.8. The van der Waals surface area contributed by atoms with Gasteiger partial charge in [0.2, 0.25) is 0 Å². The lowest BCUT2D eigenvalue weighted by atomic mass is 10.1. The molecule has 1 aromatic carbocycles. The highest BCUT2D eigenvalue weighted by molar-refractivity contribution is 7.12. The van der Waals surface area contributed by atoms with E-state index in [1.807, 2.05) is 13.0 Å². The zero-order valence-electron chi connectivity index (χ0n) is 9.69. The van der Waals surface area contributed by atoms with Crippen molar-refractivity contribution in [2.24, 2.45) is 0 Å². The molecule has 1 heterocycles. The monoisotopic (exact) mass is 233 g/mol. The first-order chi connectivity index (χ1) is 7.58. The number of rotatable bonds is 2. The molecule has 0 fully saturated rings. The zero-order chi connectivity index (χ0) is 11.7. The van der Waals surface area contributed by atoms with Crippen molar-refractivity contribution in [2.75, 3.05) is 0 Å². The van der Waals surface area contributed by atoms with E-state index in [-0.39, 0.29) is 0 Å². The predicted octanol–water partition coefficient (Wildman–Crippen LogP) is 3.48. The molecule has 0 radical (unpaired) electrons. The van der Waals surface area contributed by atoms with Gasteiger partial charge in [-0.25, -0.2) is 4.98 Å². The van der Waals surface area contributed by atoms with Gasteiger partial charge in [-0.05, 0) is 26.8 Å². The van der Waals surface area contributed by atoms with Crippen LogP contribution < -0.4 is 0 Å². The third-order valence-corrected chi connectivity index (χ3v) is 3.60. The lowest BCUT2D eigenvalue weighted by Crippen LogP contribution is -1.89. The maximum absolute atomic E-state index is 9.51. The molecule has 1 atom stereocenters. The van der Waals surface area contributed by atoms with Crippen molar-refractivity contribution >= 4 is 11.3 Å². The van der Waals surface area contributed by atoms with Gasteiger partial charge in [-0.15, -0.1) is 11.3 Å². The summed E-state index contributed by atoms with van der Waals surface area (Å²) >= 11 is 1.56. The summed E-state index contributed by atoms with van der Waals surface area (Å²) in [6, 6.07) is 8.28. The highest BCUT2D eigenvalue weighted by atomic mass is 32.1. The molecule has 2 aromatic rings. The van der Waals surface area contributed by atoms with Crippen LogP contribution in [0, 0.1) is 13.8 Å². The Balaban J connectivity index is 2.48. The molecule has 0 aliphatic rings. The maximum Gasteiger partial charge on any atom is 0.122 e. The van der Waals surface area contributed by atoms with Crippen molar-refractivity contribution in [3.05, 3.63) is 39.7 Å². The first-order valence-corrected chi connectivity index (χ1v) is 6.12. The van der Waals surface area contributed by atoms with Gasteiger partial charge in [-0.1, -0.05) is 23.8 Å². The fourth-order valence-electron chi connectivity index (χ4n) is 1.66. The van der Waals surface area contributed by atoms with Crippen LogP contribution in [0.1, 0.15) is 28.5 Å². The van der Waals surface area contributed by atoms with Gasteiger partial charge < -0.3 is 5.11 Å². The number of benzene rings is 1. The van der Waals surface area contributed by atoms with E-state index in [1.165, 1.54) is 5.56 Å². The lowest BCUT2D eigenvalue weighted by Gasteiger charge is -2.00. The molecule has 0 bridgehead atoms. The number of aliphatic hydroxyl groups is 1. The van der Waals surface area contributed by atoms with E-state index in [4.69, 9.17) is 0 Å². The van der Waals surface area contributed by atoms with Gasteiger partial charge in [0.15, 0.2) is 0 Å². The maximum atomic E-state index is 9.51. The number of aliphatic hydroxyl groups excluding tert-OH is 1. The van der Waals surface area contributed by atoms with Crippen molar-refractivity contribution in [1.82, 2.24) is 4.98 Å². The Bertz CT molecular complexity index is 502. The molecule has 1 N–H and O–H groups in total. The third-order valence-electron chi connectivity index (χ3n) is 2.46. The molecule has 1 aromatic heterocycles. The summed E-state index contributed by atoms with van der Waals surface area (Å²) in [6.45, 7) is 5.86. The van der Waals surface area contributed by atoms with Gasteiger partial charge >= 0.3 is 0 Å². The molecule has 0 aliphatic carbocycles. The molecule has 2 rings (SSSR count). The number of hydrogen-bond acceptors (Lipinski definition) is 3. The molecule has 0 saturated heterocycles. The van der Waals surface area contributed by atoms with Gasteiger partial charge in [0.05, 0.1) is 5.69 Å². The van der Waals surface area contributed by atoms with E-state index in [9.17, 15) is 5.11 Å². The Morgan fingerprint density at radius 2 is 2.06 bits per heavy atom. The molecule has 3 heteroatoms. The molecule has 0 amide bonds. The van der Waals surface area contributed by atoms with Crippen LogP contribution in [0.5, 0.6) is 0 Å². The first-order valence-electron chi connectivity index (χ1n) is 5.30. The van der Waals surface area contributed by atoms with Gasteiger partial charge in [-0.3, -0.25) is 0 Å². The topological polar surface area (TPSA) is 33.1 Å². The fraction of sp³-hybridized carbons (Fsp3) is 0.308. The Labute approximate surface area is 99.6 Å². The van der Waals surface area contributed by atoms with Gasteiger partial charge in [0.1, 0.15) is 11.1 Å². The Morgan fingerprint density at radius 3 is 2.62 bits per heavy atom. The number of aromatic nitrogens is 1. The SMILES string of the molecule is Cc1cccc(-c2nc(C(C)O)sc2C)c1. The van der Waals surface area contributed by atoms with Gasteiger partial charge in [-0.2, -0.15) is 0 Å². The lowest BCUT2D eigenvalue weighted by molar-refractivity contribution is 0.199. The predicted molar refractivity (Wildman–Crippen MR) is 67.7 cm³/mol. The molecular formula is C13H15NOS. The van der Waals surface area contributed by atoms with Gasteiger partial charge in [0.25, 0.3) is 0 Å². The summed E-state index contributed by atoms with van der Waals surface area (Å²) in [6.07, 6.45) is -0.484. The quantitative estimate of drug-likeness (QED) is 0.861. The Hall–Kier alpha value is -1.19. The summed E-state index contributed by atoms with van der Waals surface area (Å²) in [5, 5.41) is 10.3. The minimum Gasteiger partial charge on any atom is -0.386 e. The fourth-order valence-corrected chi connectivity index (χ4v) is 2.54. The van der Waals surface area contributed by atoms with Crippen LogP contribution in [0.4, 0.5) is 0 Å². The summed E-state index contributed by atoms with van der Waals surface area (Å²) < 4.78 is 0. The van der Waals surface area contributed by atoms with Gasteiger partial charge in [0, 0.05) is 10.4 Å². The van der Waals surface area contributed by atoms with Crippen LogP contribution >= 0.6 is 11.3 Å². The van der Waals surface area contributed by atoms with Crippen molar-refractivity contribution in [1.29, 1.82) is 0 Å². The third kappa shape index (κ3) is 2.15. The molecule has 2 nitrogen and oxygen atoms in total. The van der Waals surface area contributed by atoms with Crippen LogP contribution in [-0.2, 0) is 0 Å². The van der Waals surface area contributed by atoms with Crippen molar-refractivity contribution in [2.45, 2.75) is 26.9 Å². The molecule has 84 valence electrons. The van der Waals surface area contributed by atoms with Crippen molar-refractivity contribution in [3.8, 4) is 11.3 Å². The summed E-state index contributed by atoms with van der Waals surface area (Å²) in [4.78, 5) is 5.64. The molecule has 1 unspecified atom stereocenters. The second-order valence-electron chi connectivity index (χ2n) is 4.00. The van der Waals surface area contributed by atoms with E-state index >= 15 is 0 Å². The largest absolute Gasteiger partial charge is 0.386 e. The average Bonchev–Trinajstić information content (AvgIpc) is 2.60. The second kappa shape index (κ2) is 4.36. The number of aryl methyl sites for hydroxylation is 2. The number of thiazole rings is 1. The summed E-state index contributed by atoms with van der Waals surface area (Å²) in [5.41, 5.74) is 3.34. The van der Waals surface area contributed by atoms with Crippen LogP contribution in [-0.4, -0.2) is 10.1 Å². The number of nitrogens with zero attached hydrogens (tertiary/aromatic N) is 1.